The topological polar surface area (TPSA) is 108 Å². The van der Waals surface area contributed by atoms with Crippen molar-refractivity contribution in [3.8, 4) is 6.07 Å². The van der Waals surface area contributed by atoms with Gasteiger partial charge in [0.15, 0.2) is 11.5 Å². The summed E-state index contributed by atoms with van der Waals surface area (Å²) in [6.07, 6.45) is 3.18. The van der Waals surface area contributed by atoms with Crippen molar-refractivity contribution in [2.24, 2.45) is 0 Å². The fourth-order valence-electron chi connectivity index (χ4n) is 1.79. The monoisotopic (exact) mass is 297 g/mol. The summed E-state index contributed by atoms with van der Waals surface area (Å²) in [5.74, 6) is 0.391. The van der Waals surface area contributed by atoms with Crippen LogP contribution in [0.25, 0.3) is 22.8 Å². The van der Waals surface area contributed by atoms with Crippen molar-refractivity contribution in [3.05, 3.63) is 51.3 Å². The second-order valence-electron chi connectivity index (χ2n) is 4.06. The molecule has 102 valence electrons. The largest absolute Gasteiger partial charge is 0.336 e. The van der Waals surface area contributed by atoms with Gasteiger partial charge in [-0.25, -0.2) is 9.97 Å². The first-order valence-corrected chi connectivity index (χ1v) is 6.66. The van der Waals surface area contributed by atoms with E-state index in [9.17, 15) is 15.4 Å². The Labute approximate surface area is 122 Å². The Balaban J connectivity index is 2.02. The number of imidazole rings is 1. The van der Waals surface area contributed by atoms with Crippen LogP contribution in [0.2, 0.25) is 0 Å². The molecule has 0 radical (unpaired) electrons. The third-order valence-electron chi connectivity index (χ3n) is 2.71. The number of hydrogen-bond donors (Lipinski definition) is 1. The molecule has 0 aromatic carbocycles. The van der Waals surface area contributed by atoms with Gasteiger partial charge >= 0.3 is 5.00 Å². The van der Waals surface area contributed by atoms with Crippen LogP contribution >= 0.6 is 11.3 Å². The summed E-state index contributed by atoms with van der Waals surface area (Å²) in [5, 5.41) is 19.9. The molecule has 8 heteroatoms. The minimum Gasteiger partial charge on any atom is -0.336 e. The fourth-order valence-corrected chi connectivity index (χ4v) is 2.55. The Bertz CT molecular complexity index is 870. The highest BCUT2D eigenvalue weighted by molar-refractivity contribution is 7.16. The van der Waals surface area contributed by atoms with E-state index >= 15 is 0 Å². The summed E-state index contributed by atoms with van der Waals surface area (Å²) in [6.45, 7) is 0. The smallest absolute Gasteiger partial charge is 0.324 e. The van der Waals surface area contributed by atoms with Crippen LogP contribution in [0, 0.1) is 21.4 Å². The van der Waals surface area contributed by atoms with Gasteiger partial charge < -0.3 is 4.98 Å². The van der Waals surface area contributed by atoms with Gasteiger partial charge in [-0.1, -0.05) is 11.3 Å². The Morgan fingerprint density at radius 1 is 1.48 bits per heavy atom. The molecule has 1 N–H and O–H groups in total. The molecule has 0 amide bonds. The molecular formula is C13H7N5O2S. The van der Waals surface area contributed by atoms with E-state index in [1.165, 1.54) is 6.07 Å². The van der Waals surface area contributed by atoms with Gasteiger partial charge in [0.2, 0.25) is 0 Å². The molecule has 0 atom stereocenters. The Hall–Kier alpha value is -3.05. The average Bonchev–Trinajstić information content (AvgIpc) is 3.11. The van der Waals surface area contributed by atoms with E-state index in [1.807, 2.05) is 12.1 Å². The lowest BCUT2D eigenvalue weighted by atomic mass is 10.2. The molecule has 0 aliphatic carbocycles. The zero-order valence-corrected chi connectivity index (χ0v) is 11.3. The zero-order valence-electron chi connectivity index (χ0n) is 10.5. The predicted octanol–water partition coefficient (Wildman–Crippen LogP) is 2.99. The van der Waals surface area contributed by atoms with E-state index in [4.69, 9.17) is 0 Å². The molecule has 21 heavy (non-hydrogen) atoms. The Kier molecular flexibility index (Phi) is 3.17. The maximum atomic E-state index is 10.7. The molecular weight excluding hydrogens is 290 g/mol. The maximum Gasteiger partial charge on any atom is 0.324 e. The second kappa shape index (κ2) is 5.15. The lowest BCUT2D eigenvalue weighted by molar-refractivity contribution is -0.380. The highest BCUT2D eigenvalue weighted by Crippen LogP contribution is 2.27. The molecule has 0 bridgehead atoms. The normalized spacial score (nSPS) is 11.5. The maximum absolute atomic E-state index is 10.7. The van der Waals surface area contributed by atoms with Gasteiger partial charge in [-0.05, 0) is 24.3 Å². The number of nitriles is 1. The van der Waals surface area contributed by atoms with Gasteiger partial charge in [-0.2, -0.15) is 5.26 Å². The molecule has 0 saturated heterocycles. The van der Waals surface area contributed by atoms with Gasteiger partial charge in [0, 0.05) is 17.1 Å². The molecule has 3 aromatic heterocycles. The van der Waals surface area contributed by atoms with Crippen LogP contribution in [0.1, 0.15) is 10.7 Å². The van der Waals surface area contributed by atoms with E-state index < -0.39 is 4.92 Å². The lowest BCUT2D eigenvalue weighted by Crippen LogP contribution is -1.84. The number of nitro groups is 1. The first kappa shape index (κ1) is 13.0. The van der Waals surface area contributed by atoms with Crippen LogP contribution in [0.4, 0.5) is 5.00 Å². The van der Waals surface area contributed by atoms with Crippen molar-refractivity contribution in [1.82, 2.24) is 15.0 Å². The number of aromatic nitrogens is 3. The quantitative estimate of drug-likeness (QED) is 0.454. The van der Waals surface area contributed by atoms with E-state index in [2.05, 4.69) is 15.0 Å². The molecule has 0 spiro atoms. The molecule has 0 aliphatic heterocycles. The van der Waals surface area contributed by atoms with Gasteiger partial charge in [0.25, 0.3) is 0 Å². The molecule has 0 aliphatic rings. The Morgan fingerprint density at radius 3 is 3.00 bits per heavy atom. The summed E-state index contributed by atoms with van der Waals surface area (Å²) < 4.78 is 0. The SMILES string of the molecule is N#C/C(=C\c1ccc([N+](=O)[O-])s1)c1nc2ncccc2[nH]1. The summed E-state index contributed by atoms with van der Waals surface area (Å²) in [5.41, 5.74) is 1.54. The minimum atomic E-state index is -0.459. The number of H-pyrrole nitrogens is 1. The van der Waals surface area contributed by atoms with Gasteiger partial charge in [-0.3, -0.25) is 10.1 Å². The fraction of sp³-hybridized carbons (Fsp3) is 0. The zero-order chi connectivity index (χ0) is 14.8. The van der Waals surface area contributed by atoms with E-state index in [0.717, 1.165) is 16.9 Å². The first-order valence-electron chi connectivity index (χ1n) is 5.84. The molecule has 0 fully saturated rings. The molecule has 0 unspecified atom stereocenters. The Morgan fingerprint density at radius 2 is 2.33 bits per heavy atom. The molecule has 7 nitrogen and oxygen atoms in total. The van der Waals surface area contributed by atoms with Crippen LogP contribution in [-0.4, -0.2) is 19.9 Å². The lowest BCUT2D eigenvalue weighted by Gasteiger charge is -1.91. The van der Waals surface area contributed by atoms with Crippen LogP contribution in [-0.2, 0) is 0 Å². The number of nitrogens with one attached hydrogen (secondary N) is 1. The van der Waals surface area contributed by atoms with Crippen LogP contribution in [0.5, 0.6) is 0 Å². The van der Waals surface area contributed by atoms with Gasteiger partial charge in [0.05, 0.1) is 16.0 Å². The highest BCUT2D eigenvalue weighted by Gasteiger charge is 2.12. The van der Waals surface area contributed by atoms with E-state index in [-0.39, 0.29) is 5.00 Å². The summed E-state index contributed by atoms with van der Waals surface area (Å²) in [7, 11) is 0. The van der Waals surface area contributed by atoms with Crippen molar-refractivity contribution in [1.29, 1.82) is 5.26 Å². The number of aromatic amines is 1. The number of fused-ring (bicyclic) bond motifs is 1. The summed E-state index contributed by atoms with van der Waals surface area (Å²) >= 11 is 1.00. The third-order valence-corrected chi connectivity index (χ3v) is 3.70. The number of hydrogen-bond acceptors (Lipinski definition) is 6. The minimum absolute atomic E-state index is 0.0322. The molecule has 3 heterocycles. The van der Waals surface area contributed by atoms with Crippen LogP contribution in [0.3, 0.4) is 0 Å². The first-order chi connectivity index (χ1) is 10.2. The van der Waals surface area contributed by atoms with Crippen LogP contribution in [0.15, 0.2) is 30.5 Å². The van der Waals surface area contributed by atoms with Gasteiger partial charge in [-0.15, -0.1) is 0 Å². The van der Waals surface area contributed by atoms with E-state index in [1.54, 1.807) is 24.4 Å². The van der Waals surface area contributed by atoms with Crippen molar-refractivity contribution in [2.75, 3.05) is 0 Å². The number of allylic oxidation sites excluding steroid dienone is 1. The summed E-state index contributed by atoms with van der Waals surface area (Å²) in [4.78, 5) is 22.1. The molecule has 3 aromatic rings. The number of rotatable bonds is 3. The number of thiophene rings is 1. The van der Waals surface area contributed by atoms with Crippen molar-refractivity contribution in [3.63, 3.8) is 0 Å². The number of pyridine rings is 1. The van der Waals surface area contributed by atoms with E-state index in [0.29, 0.717) is 21.9 Å². The van der Waals surface area contributed by atoms with Crippen molar-refractivity contribution in [2.45, 2.75) is 0 Å². The van der Waals surface area contributed by atoms with Gasteiger partial charge in [0.1, 0.15) is 6.07 Å². The standard InChI is InChI=1S/C13H7N5O2S/c14-7-8(6-9-3-4-11(21-9)18(19)20)12-16-10-2-1-5-15-13(10)17-12/h1-6H,(H,15,16,17)/b8-6+. The average molecular weight is 297 g/mol. The molecule has 3 rings (SSSR count). The predicted molar refractivity (Wildman–Crippen MR) is 78.3 cm³/mol. The van der Waals surface area contributed by atoms with Crippen LogP contribution < -0.4 is 0 Å². The summed E-state index contributed by atoms with van der Waals surface area (Å²) in [6, 6.07) is 8.63. The highest BCUT2D eigenvalue weighted by atomic mass is 32.1. The second-order valence-corrected chi connectivity index (χ2v) is 5.16. The van der Waals surface area contributed by atoms with Crippen molar-refractivity contribution < 1.29 is 4.92 Å². The van der Waals surface area contributed by atoms with Crippen molar-refractivity contribution >= 4 is 39.2 Å². The molecule has 0 saturated carbocycles. The third kappa shape index (κ3) is 2.50. The number of nitrogens with zero attached hydrogens (tertiary/aromatic N) is 4.